The molecule has 3 aromatic rings. The molecule has 0 bridgehead atoms. The van der Waals surface area contributed by atoms with Gasteiger partial charge in [-0.3, -0.25) is 9.59 Å². The minimum Gasteiger partial charge on any atom is -0.497 e. The lowest BCUT2D eigenvalue weighted by molar-refractivity contribution is -0.136. The maximum Gasteiger partial charge on any atom is 0.255 e. The van der Waals surface area contributed by atoms with Gasteiger partial charge >= 0.3 is 0 Å². The van der Waals surface area contributed by atoms with Gasteiger partial charge in [0.2, 0.25) is 5.91 Å². The number of hydrogen-bond acceptors (Lipinski definition) is 4. The molecule has 3 aromatic carbocycles. The summed E-state index contributed by atoms with van der Waals surface area (Å²) in [5, 5.41) is 0. The maximum absolute atomic E-state index is 14.2. The number of methoxy groups -OCH3 is 1. The topological polar surface area (TPSA) is 53.1 Å². The summed E-state index contributed by atoms with van der Waals surface area (Å²) in [6.45, 7) is 3.18. The molecule has 186 valence electrons. The molecule has 0 radical (unpaired) electrons. The van der Waals surface area contributed by atoms with E-state index in [0.717, 1.165) is 29.8 Å². The van der Waals surface area contributed by atoms with Crippen molar-refractivity contribution in [3.05, 3.63) is 101 Å². The zero-order chi connectivity index (χ0) is 25.2. The minimum atomic E-state index is -0.559. The number of rotatable bonds is 5. The first kappa shape index (κ1) is 24.0. The Morgan fingerprint density at radius 2 is 1.61 bits per heavy atom. The highest BCUT2D eigenvalue weighted by Crippen LogP contribution is 2.44. The van der Waals surface area contributed by atoms with E-state index in [1.165, 1.54) is 12.1 Å². The normalized spacial score (nSPS) is 20.2. The first-order valence-electron chi connectivity index (χ1n) is 12.2. The third kappa shape index (κ3) is 4.58. The summed E-state index contributed by atoms with van der Waals surface area (Å²) < 4.78 is 19.0. The number of amides is 2. The van der Waals surface area contributed by atoms with Crippen LogP contribution in [0.15, 0.2) is 72.8 Å². The Bertz CT molecular complexity index is 1240. The Balaban J connectivity index is 1.62. The molecule has 0 aromatic heterocycles. The molecule has 2 amide bonds. The molecule has 6 nitrogen and oxygen atoms in total. The van der Waals surface area contributed by atoms with E-state index in [1.54, 1.807) is 30.2 Å². The van der Waals surface area contributed by atoms with Gasteiger partial charge in [-0.15, -0.1) is 0 Å². The molecule has 2 aliphatic heterocycles. The van der Waals surface area contributed by atoms with Crippen LogP contribution in [0.25, 0.3) is 0 Å². The molecule has 36 heavy (non-hydrogen) atoms. The summed E-state index contributed by atoms with van der Waals surface area (Å²) in [5.41, 5.74) is 2.95. The number of ether oxygens (including phenoxy) is 1. The molecule has 0 unspecified atom stereocenters. The number of carbonyl (C=O) groups excluding carboxylic acids is 2. The van der Waals surface area contributed by atoms with Crippen LogP contribution in [0, 0.1) is 5.82 Å². The molecular weight excluding hydrogens is 457 g/mol. The van der Waals surface area contributed by atoms with Crippen LogP contribution in [0.4, 0.5) is 4.39 Å². The largest absolute Gasteiger partial charge is 0.497 e. The predicted octanol–water partition coefficient (Wildman–Crippen LogP) is 4.09. The summed E-state index contributed by atoms with van der Waals surface area (Å²) in [4.78, 5) is 33.9. The Hall–Kier alpha value is -3.71. The van der Waals surface area contributed by atoms with Crippen molar-refractivity contribution < 1.29 is 18.7 Å². The van der Waals surface area contributed by atoms with Gasteiger partial charge in [0.1, 0.15) is 11.6 Å². The van der Waals surface area contributed by atoms with Crippen molar-refractivity contribution in [3.63, 3.8) is 0 Å². The van der Waals surface area contributed by atoms with Gasteiger partial charge in [-0.25, -0.2) is 4.39 Å². The predicted molar refractivity (Wildman–Crippen MR) is 135 cm³/mol. The van der Waals surface area contributed by atoms with Crippen LogP contribution in [0.2, 0.25) is 0 Å². The van der Waals surface area contributed by atoms with Crippen molar-refractivity contribution in [2.75, 3.05) is 40.3 Å². The number of fused-ring (bicyclic) bond motifs is 1. The molecule has 7 heteroatoms. The van der Waals surface area contributed by atoms with Crippen LogP contribution in [-0.2, 0) is 11.3 Å². The second-order valence-electron chi connectivity index (χ2n) is 9.47. The zero-order valence-electron chi connectivity index (χ0n) is 20.6. The summed E-state index contributed by atoms with van der Waals surface area (Å²) >= 11 is 0. The number of halogens is 1. The van der Waals surface area contributed by atoms with Crippen LogP contribution < -0.4 is 4.74 Å². The fourth-order valence-electron chi connectivity index (χ4n) is 5.22. The molecule has 0 saturated carbocycles. The van der Waals surface area contributed by atoms with Gasteiger partial charge in [0.05, 0.1) is 19.1 Å². The summed E-state index contributed by atoms with van der Waals surface area (Å²) in [5.74, 6) is -0.306. The number of benzene rings is 3. The quantitative estimate of drug-likeness (QED) is 0.544. The van der Waals surface area contributed by atoms with E-state index in [9.17, 15) is 14.0 Å². The van der Waals surface area contributed by atoms with Gasteiger partial charge in [-0.2, -0.15) is 0 Å². The third-order valence-electron chi connectivity index (χ3n) is 7.24. The molecule has 2 aliphatic rings. The molecule has 2 atom stereocenters. The standard InChI is InChI=1S/C29H30FN3O3/c1-31-15-17-32(18-16-31)29(35)26-24-5-3-4-6-25(24)28(34)33(19-20-7-11-22(30)12-8-20)27(26)21-9-13-23(36-2)14-10-21/h3-14,26-27H,15-19H2,1-2H3/t26-,27-/m0/s1. The average Bonchev–Trinajstić information content (AvgIpc) is 2.91. The van der Waals surface area contributed by atoms with Gasteiger partial charge in [-0.05, 0) is 54.1 Å². The average molecular weight is 488 g/mol. The van der Waals surface area contributed by atoms with Gasteiger partial charge < -0.3 is 19.4 Å². The van der Waals surface area contributed by atoms with E-state index in [1.807, 2.05) is 47.4 Å². The molecule has 2 heterocycles. The van der Waals surface area contributed by atoms with Gasteiger partial charge in [0, 0.05) is 38.3 Å². The summed E-state index contributed by atoms with van der Waals surface area (Å²) in [7, 11) is 3.66. The van der Waals surface area contributed by atoms with E-state index >= 15 is 0 Å². The second kappa shape index (κ2) is 10.1. The molecule has 1 saturated heterocycles. The van der Waals surface area contributed by atoms with Gasteiger partial charge in [0.25, 0.3) is 5.91 Å². The van der Waals surface area contributed by atoms with E-state index in [-0.39, 0.29) is 24.2 Å². The fourth-order valence-corrected chi connectivity index (χ4v) is 5.22. The summed E-state index contributed by atoms with van der Waals surface area (Å²) in [6, 6.07) is 20.6. The van der Waals surface area contributed by atoms with Crippen molar-refractivity contribution in [2.24, 2.45) is 0 Å². The van der Waals surface area contributed by atoms with Crippen LogP contribution in [0.1, 0.15) is 39.0 Å². The van der Waals surface area contributed by atoms with E-state index in [0.29, 0.717) is 24.4 Å². The van der Waals surface area contributed by atoms with Gasteiger partial charge in [-0.1, -0.05) is 42.5 Å². The van der Waals surface area contributed by atoms with Crippen LogP contribution >= 0.6 is 0 Å². The fraction of sp³-hybridized carbons (Fsp3) is 0.310. The van der Waals surface area contributed by atoms with E-state index < -0.39 is 12.0 Å². The van der Waals surface area contributed by atoms with Gasteiger partial charge in [0.15, 0.2) is 0 Å². The van der Waals surface area contributed by atoms with Crippen LogP contribution in [-0.4, -0.2) is 66.9 Å². The third-order valence-corrected chi connectivity index (χ3v) is 7.24. The van der Waals surface area contributed by atoms with E-state index in [2.05, 4.69) is 11.9 Å². The highest BCUT2D eigenvalue weighted by Gasteiger charge is 2.45. The SMILES string of the molecule is COc1ccc([C@H]2[C@@H](C(=O)N3CCN(C)CC3)c3ccccc3C(=O)N2Cc2ccc(F)cc2)cc1. The van der Waals surface area contributed by atoms with E-state index in [4.69, 9.17) is 4.74 Å². The van der Waals surface area contributed by atoms with Crippen molar-refractivity contribution in [1.29, 1.82) is 0 Å². The summed E-state index contributed by atoms with van der Waals surface area (Å²) in [6.07, 6.45) is 0. The van der Waals surface area contributed by atoms with Crippen molar-refractivity contribution in [2.45, 2.75) is 18.5 Å². The van der Waals surface area contributed by atoms with Crippen LogP contribution in [0.3, 0.4) is 0 Å². The van der Waals surface area contributed by atoms with Crippen molar-refractivity contribution in [3.8, 4) is 5.75 Å². The second-order valence-corrected chi connectivity index (χ2v) is 9.47. The molecular formula is C29H30FN3O3. The molecule has 1 fully saturated rings. The monoisotopic (exact) mass is 487 g/mol. The van der Waals surface area contributed by atoms with Crippen LogP contribution in [0.5, 0.6) is 5.75 Å². The lowest BCUT2D eigenvalue weighted by atomic mass is 9.78. The molecule has 0 N–H and O–H groups in total. The Labute approximate surface area is 210 Å². The molecule has 0 aliphatic carbocycles. The number of carbonyl (C=O) groups is 2. The number of nitrogens with zero attached hydrogens (tertiary/aromatic N) is 3. The minimum absolute atomic E-state index is 0.0213. The number of piperazine rings is 1. The Morgan fingerprint density at radius 1 is 0.944 bits per heavy atom. The first-order chi connectivity index (χ1) is 17.5. The van der Waals surface area contributed by atoms with Crippen molar-refractivity contribution >= 4 is 11.8 Å². The zero-order valence-corrected chi connectivity index (χ0v) is 20.6. The Morgan fingerprint density at radius 3 is 2.28 bits per heavy atom. The first-order valence-corrected chi connectivity index (χ1v) is 12.2. The molecule has 5 rings (SSSR count). The number of hydrogen-bond donors (Lipinski definition) is 0. The highest BCUT2D eigenvalue weighted by atomic mass is 19.1. The Kier molecular flexibility index (Phi) is 6.74. The molecule has 0 spiro atoms. The smallest absolute Gasteiger partial charge is 0.255 e. The highest BCUT2D eigenvalue weighted by molar-refractivity contribution is 6.01. The number of likely N-dealkylation sites (N-methyl/N-ethyl adjacent to an activating group) is 1. The lowest BCUT2D eigenvalue weighted by Crippen LogP contribution is -2.52. The maximum atomic E-state index is 14.2. The lowest BCUT2D eigenvalue weighted by Gasteiger charge is -2.44. The van der Waals surface area contributed by atoms with Crippen molar-refractivity contribution in [1.82, 2.24) is 14.7 Å².